The van der Waals surface area contributed by atoms with Crippen LogP contribution >= 0.6 is 0 Å². The third-order valence-corrected chi connectivity index (χ3v) is 3.30. The molecule has 0 spiro atoms. The van der Waals surface area contributed by atoms with Gasteiger partial charge in [0.1, 0.15) is 5.82 Å². The van der Waals surface area contributed by atoms with Crippen molar-refractivity contribution >= 4 is 5.78 Å². The summed E-state index contributed by atoms with van der Waals surface area (Å²) in [6.45, 7) is 3.97. The number of hydrogen-bond donors (Lipinski definition) is 0. The first-order valence-electron chi connectivity index (χ1n) is 6.40. The molecule has 3 heteroatoms. The predicted octanol–water partition coefficient (Wildman–Crippen LogP) is 3.40. The number of allylic oxidation sites excluding steroid dienone is 2. The molecular weight excluding hydrogens is 229 g/mol. The van der Waals surface area contributed by atoms with Crippen LogP contribution < -0.4 is 0 Å². The van der Waals surface area contributed by atoms with E-state index >= 15 is 0 Å². The lowest BCUT2D eigenvalue weighted by molar-refractivity contribution is 0.104. The number of benzene rings is 1. The second kappa shape index (κ2) is 5.80. The lowest BCUT2D eigenvalue weighted by Crippen LogP contribution is -2.28. The normalized spacial score (nSPS) is 16.8. The molecule has 2 nitrogen and oxygen atoms in total. The van der Waals surface area contributed by atoms with Gasteiger partial charge in [-0.3, -0.25) is 4.79 Å². The molecule has 0 saturated carbocycles. The van der Waals surface area contributed by atoms with Gasteiger partial charge in [0, 0.05) is 30.4 Å². The van der Waals surface area contributed by atoms with E-state index in [1.807, 2.05) is 6.92 Å². The smallest absolute Gasteiger partial charge is 0.187 e. The van der Waals surface area contributed by atoms with Gasteiger partial charge in [0.2, 0.25) is 0 Å². The van der Waals surface area contributed by atoms with E-state index in [-0.39, 0.29) is 11.6 Å². The van der Waals surface area contributed by atoms with Gasteiger partial charge in [0.05, 0.1) is 0 Å². The fourth-order valence-corrected chi connectivity index (χ4v) is 2.25. The van der Waals surface area contributed by atoms with Gasteiger partial charge in [0.25, 0.3) is 0 Å². The zero-order valence-corrected chi connectivity index (χ0v) is 10.7. The monoisotopic (exact) mass is 247 g/mol. The van der Waals surface area contributed by atoms with Gasteiger partial charge in [-0.05, 0) is 38.3 Å². The maximum Gasteiger partial charge on any atom is 0.187 e. The molecule has 0 N–H and O–H groups in total. The van der Waals surface area contributed by atoms with E-state index in [4.69, 9.17) is 0 Å². The molecule has 0 radical (unpaired) electrons. The van der Waals surface area contributed by atoms with Crippen molar-refractivity contribution in [1.82, 2.24) is 4.90 Å². The highest BCUT2D eigenvalue weighted by molar-refractivity contribution is 6.04. The van der Waals surface area contributed by atoms with Gasteiger partial charge >= 0.3 is 0 Å². The second-order valence-corrected chi connectivity index (χ2v) is 4.71. The van der Waals surface area contributed by atoms with Crippen molar-refractivity contribution in [3.63, 3.8) is 0 Å². The first-order chi connectivity index (χ1) is 8.66. The van der Waals surface area contributed by atoms with Crippen molar-refractivity contribution in [3.05, 3.63) is 47.4 Å². The zero-order valence-electron chi connectivity index (χ0n) is 10.7. The average molecular weight is 247 g/mol. The second-order valence-electron chi connectivity index (χ2n) is 4.71. The molecule has 1 aliphatic rings. The number of carbonyl (C=O) groups excluding carboxylic acids is 1. The first-order valence-corrected chi connectivity index (χ1v) is 6.40. The SMILES string of the molecule is C/C(=C\C(=O)c1cccc(F)c1)N1CCCCC1. The molecule has 1 heterocycles. The highest BCUT2D eigenvalue weighted by Gasteiger charge is 2.12. The lowest BCUT2D eigenvalue weighted by Gasteiger charge is -2.29. The fourth-order valence-electron chi connectivity index (χ4n) is 2.25. The van der Waals surface area contributed by atoms with Crippen molar-refractivity contribution in [3.8, 4) is 0 Å². The maximum atomic E-state index is 13.0. The molecule has 18 heavy (non-hydrogen) atoms. The van der Waals surface area contributed by atoms with Crippen LogP contribution in [0.15, 0.2) is 36.0 Å². The number of carbonyl (C=O) groups is 1. The molecular formula is C15H18FNO. The highest BCUT2D eigenvalue weighted by Crippen LogP contribution is 2.15. The van der Waals surface area contributed by atoms with E-state index in [1.54, 1.807) is 18.2 Å². The van der Waals surface area contributed by atoms with E-state index in [1.165, 1.54) is 31.4 Å². The van der Waals surface area contributed by atoms with Crippen molar-refractivity contribution in [2.24, 2.45) is 0 Å². The van der Waals surface area contributed by atoms with Gasteiger partial charge in [-0.1, -0.05) is 12.1 Å². The Morgan fingerprint density at radius 1 is 1.28 bits per heavy atom. The third-order valence-electron chi connectivity index (χ3n) is 3.30. The minimum absolute atomic E-state index is 0.127. The van der Waals surface area contributed by atoms with Crippen molar-refractivity contribution in [2.45, 2.75) is 26.2 Å². The standard InChI is InChI=1S/C15H18FNO/c1-12(17-8-3-2-4-9-17)10-15(18)13-6-5-7-14(16)11-13/h5-7,10-11H,2-4,8-9H2,1H3/b12-10+. The van der Waals surface area contributed by atoms with Crippen LogP contribution in [0, 0.1) is 5.82 Å². The molecule has 1 aromatic rings. The summed E-state index contributed by atoms with van der Waals surface area (Å²) >= 11 is 0. The zero-order chi connectivity index (χ0) is 13.0. The molecule has 0 aliphatic carbocycles. The molecule has 1 aliphatic heterocycles. The van der Waals surface area contributed by atoms with Gasteiger partial charge < -0.3 is 4.90 Å². The van der Waals surface area contributed by atoms with Crippen LogP contribution in [-0.4, -0.2) is 23.8 Å². The number of rotatable bonds is 3. The Bertz CT molecular complexity index is 461. The minimum Gasteiger partial charge on any atom is -0.375 e. The molecule has 2 rings (SSSR count). The number of nitrogens with zero attached hydrogens (tertiary/aromatic N) is 1. The number of hydrogen-bond acceptors (Lipinski definition) is 2. The summed E-state index contributed by atoms with van der Waals surface area (Å²) in [5.74, 6) is -0.498. The molecule has 1 saturated heterocycles. The van der Waals surface area contributed by atoms with E-state index in [2.05, 4.69) is 4.90 Å². The Balaban J connectivity index is 2.09. The van der Waals surface area contributed by atoms with Crippen molar-refractivity contribution < 1.29 is 9.18 Å². The predicted molar refractivity (Wildman–Crippen MR) is 69.9 cm³/mol. The summed E-state index contributed by atoms with van der Waals surface area (Å²) in [6, 6.07) is 5.83. The van der Waals surface area contributed by atoms with Gasteiger partial charge in [-0.25, -0.2) is 4.39 Å². The van der Waals surface area contributed by atoms with Gasteiger partial charge in [0.15, 0.2) is 5.78 Å². The summed E-state index contributed by atoms with van der Waals surface area (Å²) < 4.78 is 13.0. The van der Waals surface area contributed by atoms with Crippen molar-refractivity contribution in [1.29, 1.82) is 0 Å². The van der Waals surface area contributed by atoms with E-state index < -0.39 is 0 Å². The molecule has 0 atom stereocenters. The van der Waals surface area contributed by atoms with Gasteiger partial charge in [-0.15, -0.1) is 0 Å². The summed E-state index contributed by atoms with van der Waals surface area (Å²) in [6.07, 6.45) is 5.24. The Morgan fingerprint density at radius 3 is 2.67 bits per heavy atom. The number of piperidine rings is 1. The topological polar surface area (TPSA) is 20.3 Å². The van der Waals surface area contributed by atoms with E-state index in [9.17, 15) is 9.18 Å². The molecule has 1 fully saturated rings. The molecule has 0 aromatic heterocycles. The molecule has 1 aromatic carbocycles. The summed E-state index contributed by atoms with van der Waals surface area (Å²) in [4.78, 5) is 14.2. The molecule has 0 bridgehead atoms. The van der Waals surface area contributed by atoms with Crippen LogP contribution in [-0.2, 0) is 0 Å². The number of halogens is 1. The summed E-state index contributed by atoms with van der Waals surface area (Å²) in [7, 11) is 0. The minimum atomic E-state index is -0.370. The lowest BCUT2D eigenvalue weighted by atomic mass is 10.1. The molecule has 0 unspecified atom stereocenters. The third kappa shape index (κ3) is 3.19. The van der Waals surface area contributed by atoms with Gasteiger partial charge in [-0.2, -0.15) is 0 Å². The number of ketones is 1. The fraction of sp³-hybridized carbons (Fsp3) is 0.400. The Morgan fingerprint density at radius 2 is 2.00 bits per heavy atom. The summed E-state index contributed by atoms with van der Waals surface area (Å²) in [5.41, 5.74) is 1.38. The first kappa shape index (κ1) is 12.8. The summed E-state index contributed by atoms with van der Waals surface area (Å²) in [5, 5.41) is 0. The Hall–Kier alpha value is -1.64. The van der Waals surface area contributed by atoms with E-state index in [0.717, 1.165) is 18.8 Å². The molecule has 96 valence electrons. The van der Waals surface area contributed by atoms with Crippen LogP contribution in [0.4, 0.5) is 4.39 Å². The maximum absolute atomic E-state index is 13.0. The van der Waals surface area contributed by atoms with Crippen LogP contribution in [0.5, 0.6) is 0 Å². The van der Waals surface area contributed by atoms with Crippen LogP contribution in [0.1, 0.15) is 36.5 Å². The van der Waals surface area contributed by atoms with E-state index in [0.29, 0.717) is 5.56 Å². The Kier molecular flexibility index (Phi) is 4.13. The quantitative estimate of drug-likeness (QED) is 0.602. The van der Waals surface area contributed by atoms with Crippen LogP contribution in [0.2, 0.25) is 0 Å². The Labute approximate surface area is 107 Å². The average Bonchev–Trinajstić information content (AvgIpc) is 2.39. The van der Waals surface area contributed by atoms with Crippen LogP contribution in [0.25, 0.3) is 0 Å². The number of likely N-dealkylation sites (tertiary alicyclic amines) is 1. The van der Waals surface area contributed by atoms with Crippen molar-refractivity contribution in [2.75, 3.05) is 13.1 Å². The largest absolute Gasteiger partial charge is 0.375 e. The highest BCUT2D eigenvalue weighted by atomic mass is 19.1. The van der Waals surface area contributed by atoms with Crippen LogP contribution in [0.3, 0.4) is 0 Å². The molecule has 0 amide bonds.